The predicted molar refractivity (Wildman–Crippen MR) is 108 cm³/mol. The average Bonchev–Trinajstić information content (AvgIpc) is 3.06. The highest BCUT2D eigenvalue weighted by Crippen LogP contribution is 2.20. The van der Waals surface area contributed by atoms with E-state index in [1.54, 1.807) is 24.3 Å². The molecule has 28 heavy (non-hydrogen) atoms. The van der Waals surface area contributed by atoms with Gasteiger partial charge in [0.1, 0.15) is 5.52 Å². The zero-order chi connectivity index (χ0) is 20.1. The first-order valence-electron chi connectivity index (χ1n) is 8.16. The van der Waals surface area contributed by atoms with Crippen molar-refractivity contribution in [2.24, 2.45) is 0 Å². The molecule has 0 aliphatic carbocycles. The molecule has 1 amide bonds. The highest BCUT2D eigenvalue weighted by Gasteiger charge is 2.12. The molecule has 0 aliphatic heterocycles. The molecule has 3 rings (SSSR count). The van der Waals surface area contributed by atoms with Crippen LogP contribution in [0.3, 0.4) is 0 Å². The number of para-hydroxylation sites is 1. The number of carbonyl (C=O) groups is 1. The quantitative estimate of drug-likeness (QED) is 0.434. The SMILES string of the molecule is CS(=O)(=O)Nc1cncc(C#CCCNC(=O)c2nc3c(Cl)cccc3[nH]2)c1. The number of fused-ring (bicyclic) bond motifs is 1. The number of sulfonamides is 1. The van der Waals surface area contributed by atoms with Crippen LogP contribution in [-0.4, -0.2) is 42.1 Å². The number of aromatic nitrogens is 3. The lowest BCUT2D eigenvalue weighted by molar-refractivity contribution is 0.0945. The van der Waals surface area contributed by atoms with Crippen molar-refractivity contribution >= 4 is 44.3 Å². The Bertz CT molecular complexity index is 1190. The van der Waals surface area contributed by atoms with E-state index in [0.717, 1.165) is 6.26 Å². The Balaban J connectivity index is 1.55. The van der Waals surface area contributed by atoms with Crippen LogP contribution in [-0.2, 0) is 10.0 Å². The van der Waals surface area contributed by atoms with Crippen molar-refractivity contribution in [1.29, 1.82) is 0 Å². The van der Waals surface area contributed by atoms with Crippen molar-refractivity contribution in [2.45, 2.75) is 6.42 Å². The maximum absolute atomic E-state index is 12.2. The lowest BCUT2D eigenvalue weighted by Crippen LogP contribution is -2.25. The van der Waals surface area contributed by atoms with E-state index in [1.165, 1.54) is 12.4 Å². The van der Waals surface area contributed by atoms with Gasteiger partial charge in [0.25, 0.3) is 5.91 Å². The van der Waals surface area contributed by atoms with Gasteiger partial charge in [0.2, 0.25) is 10.0 Å². The maximum atomic E-state index is 12.2. The summed E-state index contributed by atoms with van der Waals surface area (Å²) in [7, 11) is -3.37. The van der Waals surface area contributed by atoms with Crippen LogP contribution in [0.15, 0.2) is 36.7 Å². The molecule has 8 nitrogen and oxygen atoms in total. The third-order valence-corrected chi connectivity index (χ3v) is 4.40. The number of anilines is 1. The Morgan fingerprint density at radius 2 is 2.14 bits per heavy atom. The smallest absolute Gasteiger partial charge is 0.287 e. The van der Waals surface area contributed by atoms with Crippen LogP contribution in [0.1, 0.15) is 22.6 Å². The number of rotatable bonds is 5. The minimum atomic E-state index is -3.37. The molecule has 0 unspecified atom stereocenters. The number of benzene rings is 1. The van der Waals surface area contributed by atoms with Crippen molar-refractivity contribution in [1.82, 2.24) is 20.3 Å². The van der Waals surface area contributed by atoms with Gasteiger partial charge in [-0.25, -0.2) is 13.4 Å². The second kappa shape index (κ2) is 8.29. The second-order valence-corrected chi connectivity index (χ2v) is 8.02. The van der Waals surface area contributed by atoms with Crippen molar-refractivity contribution in [2.75, 3.05) is 17.5 Å². The minimum absolute atomic E-state index is 0.180. The molecule has 0 saturated heterocycles. The molecule has 0 bridgehead atoms. The first-order valence-corrected chi connectivity index (χ1v) is 10.4. The lowest BCUT2D eigenvalue weighted by atomic mass is 10.2. The van der Waals surface area contributed by atoms with E-state index in [1.807, 2.05) is 0 Å². The third kappa shape index (κ3) is 5.22. The lowest BCUT2D eigenvalue weighted by Gasteiger charge is -2.02. The van der Waals surface area contributed by atoms with E-state index in [0.29, 0.717) is 40.3 Å². The van der Waals surface area contributed by atoms with Crippen LogP contribution in [0.5, 0.6) is 0 Å². The summed E-state index contributed by atoms with van der Waals surface area (Å²) in [4.78, 5) is 23.2. The zero-order valence-electron chi connectivity index (χ0n) is 14.8. The highest BCUT2D eigenvalue weighted by atomic mass is 35.5. The van der Waals surface area contributed by atoms with E-state index >= 15 is 0 Å². The molecule has 0 spiro atoms. The second-order valence-electron chi connectivity index (χ2n) is 5.87. The van der Waals surface area contributed by atoms with Crippen molar-refractivity contribution in [3.63, 3.8) is 0 Å². The molecule has 3 N–H and O–H groups in total. The predicted octanol–water partition coefficient (Wildman–Crippen LogP) is 2.15. The number of hydrogen-bond donors (Lipinski definition) is 3. The number of aromatic amines is 1. The normalized spacial score (nSPS) is 10.9. The van der Waals surface area contributed by atoms with Crippen LogP contribution in [0.2, 0.25) is 5.02 Å². The fourth-order valence-electron chi connectivity index (χ4n) is 2.37. The Morgan fingerprint density at radius 3 is 2.89 bits per heavy atom. The fourth-order valence-corrected chi connectivity index (χ4v) is 3.13. The van der Waals surface area contributed by atoms with E-state index < -0.39 is 10.0 Å². The number of halogens is 1. The molecule has 2 heterocycles. The van der Waals surface area contributed by atoms with Gasteiger partial charge in [-0.3, -0.25) is 14.5 Å². The van der Waals surface area contributed by atoms with Gasteiger partial charge in [-0.05, 0) is 18.2 Å². The molecule has 0 aliphatic rings. The van der Waals surface area contributed by atoms with Crippen LogP contribution >= 0.6 is 11.6 Å². The van der Waals surface area contributed by atoms with Gasteiger partial charge in [0, 0.05) is 24.7 Å². The van der Waals surface area contributed by atoms with Gasteiger partial charge in [-0.15, -0.1) is 0 Å². The fraction of sp³-hybridized carbons (Fsp3) is 0.167. The van der Waals surface area contributed by atoms with Crippen molar-refractivity contribution in [3.8, 4) is 11.8 Å². The molecule has 0 atom stereocenters. The molecule has 3 aromatic rings. The molecule has 0 saturated carbocycles. The number of H-pyrrole nitrogens is 1. The largest absolute Gasteiger partial charge is 0.348 e. The van der Waals surface area contributed by atoms with Gasteiger partial charge >= 0.3 is 0 Å². The summed E-state index contributed by atoms with van der Waals surface area (Å²) in [5, 5.41) is 3.19. The summed E-state index contributed by atoms with van der Waals surface area (Å²) in [6, 6.07) is 6.85. The Morgan fingerprint density at radius 1 is 1.32 bits per heavy atom. The highest BCUT2D eigenvalue weighted by molar-refractivity contribution is 7.92. The summed E-state index contributed by atoms with van der Waals surface area (Å²) in [5.41, 5.74) is 2.13. The number of nitrogens with zero attached hydrogens (tertiary/aromatic N) is 2. The maximum Gasteiger partial charge on any atom is 0.287 e. The van der Waals surface area contributed by atoms with E-state index in [-0.39, 0.29) is 11.7 Å². The molecule has 1 aromatic carbocycles. The van der Waals surface area contributed by atoms with Gasteiger partial charge in [-0.1, -0.05) is 29.5 Å². The van der Waals surface area contributed by atoms with Gasteiger partial charge in [0.15, 0.2) is 5.82 Å². The summed E-state index contributed by atoms with van der Waals surface area (Å²) in [5.74, 6) is 5.60. The summed E-state index contributed by atoms with van der Waals surface area (Å²) < 4.78 is 24.8. The number of hydrogen-bond acceptors (Lipinski definition) is 5. The Hall–Kier alpha value is -3.09. The van der Waals surface area contributed by atoms with E-state index in [4.69, 9.17) is 11.6 Å². The van der Waals surface area contributed by atoms with Gasteiger partial charge in [-0.2, -0.15) is 0 Å². The average molecular weight is 418 g/mol. The number of imidazole rings is 1. The molecule has 0 fully saturated rings. The number of carbonyl (C=O) groups excluding carboxylic acids is 1. The topological polar surface area (TPSA) is 117 Å². The van der Waals surface area contributed by atoms with Gasteiger partial charge in [0.05, 0.1) is 28.7 Å². The number of nitrogens with one attached hydrogen (secondary N) is 3. The summed E-state index contributed by atoms with van der Waals surface area (Å²) in [6.45, 7) is 0.325. The molecule has 10 heteroatoms. The zero-order valence-corrected chi connectivity index (χ0v) is 16.4. The van der Waals surface area contributed by atoms with Crippen LogP contribution < -0.4 is 10.0 Å². The van der Waals surface area contributed by atoms with E-state index in [2.05, 4.69) is 36.8 Å². The summed E-state index contributed by atoms with van der Waals surface area (Å²) >= 11 is 6.05. The first-order chi connectivity index (χ1) is 13.3. The van der Waals surface area contributed by atoms with E-state index in [9.17, 15) is 13.2 Å². The van der Waals surface area contributed by atoms with Crippen LogP contribution in [0, 0.1) is 11.8 Å². The third-order valence-electron chi connectivity index (χ3n) is 3.49. The Labute approximate surface area is 166 Å². The van der Waals surface area contributed by atoms with Gasteiger partial charge < -0.3 is 10.3 Å². The van der Waals surface area contributed by atoms with Crippen molar-refractivity contribution < 1.29 is 13.2 Å². The summed E-state index contributed by atoms with van der Waals surface area (Å²) in [6.07, 6.45) is 4.38. The van der Waals surface area contributed by atoms with Crippen LogP contribution in [0.25, 0.3) is 11.0 Å². The molecule has 2 aromatic heterocycles. The van der Waals surface area contributed by atoms with Crippen molar-refractivity contribution in [3.05, 3.63) is 53.1 Å². The van der Waals surface area contributed by atoms with Crippen LogP contribution in [0.4, 0.5) is 5.69 Å². The number of pyridine rings is 1. The molecular weight excluding hydrogens is 402 g/mol. The minimum Gasteiger partial charge on any atom is -0.348 e. The first kappa shape index (κ1) is 19.7. The standard InChI is InChI=1S/C18H16ClN5O3S/c1-28(26,27)24-13-9-12(10-20-11-13)5-2-3-8-21-18(25)17-22-15-7-4-6-14(19)16(15)23-17/h4,6-7,9-11,24H,3,8H2,1H3,(H,21,25)(H,22,23). The number of amides is 1. The monoisotopic (exact) mass is 417 g/mol. The molecule has 144 valence electrons. The Kier molecular flexibility index (Phi) is 5.82. The molecule has 0 radical (unpaired) electrons. The molecular formula is C18H16ClN5O3S.